The Kier molecular flexibility index (Phi) is 9.39. The molecule has 0 aliphatic carbocycles. The molecule has 0 aromatic heterocycles. The molecule has 0 saturated carbocycles. The fourth-order valence-corrected chi connectivity index (χ4v) is 3.28. The summed E-state index contributed by atoms with van der Waals surface area (Å²) in [6, 6.07) is 2.69. The Morgan fingerprint density at radius 1 is 1.12 bits per heavy atom. The largest absolute Gasteiger partial charge is 0.347 e. The van der Waals surface area contributed by atoms with Crippen molar-refractivity contribution in [2.75, 3.05) is 10.2 Å². The van der Waals surface area contributed by atoms with Crippen LogP contribution in [-0.2, 0) is 33.6 Å². The van der Waals surface area contributed by atoms with Crippen LogP contribution < -0.4 is 15.5 Å². The van der Waals surface area contributed by atoms with Crippen LogP contribution in [-0.4, -0.2) is 48.5 Å². The van der Waals surface area contributed by atoms with Crippen molar-refractivity contribution in [3.8, 4) is 0 Å². The molecule has 10 nitrogen and oxygen atoms in total. The molecule has 4 amide bonds. The van der Waals surface area contributed by atoms with Crippen LogP contribution in [0.2, 0.25) is 5.02 Å². The normalized spacial score (nSPS) is 12.7. The average Bonchev–Trinajstić information content (AvgIpc) is 2.71. The molecule has 0 radical (unpaired) electrons. The van der Waals surface area contributed by atoms with E-state index in [1.54, 1.807) is 6.92 Å². The minimum Gasteiger partial charge on any atom is -0.347 e. The topological polar surface area (TPSA) is 147 Å². The van der Waals surface area contributed by atoms with Crippen molar-refractivity contribution in [3.63, 3.8) is 0 Å². The number of nitrogens with one attached hydrogen (secondary N) is 2. The van der Waals surface area contributed by atoms with Gasteiger partial charge in [-0.25, -0.2) is 4.90 Å². The lowest BCUT2D eigenvalue weighted by Gasteiger charge is -2.29. The van der Waals surface area contributed by atoms with Crippen LogP contribution in [0.25, 0.3) is 0 Å². The van der Waals surface area contributed by atoms with E-state index in [-0.39, 0.29) is 40.4 Å². The Morgan fingerprint density at radius 2 is 1.75 bits per heavy atom. The zero-order chi connectivity index (χ0) is 24.6. The fourth-order valence-electron chi connectivity index (χ4n) is 3.12. The minimum atomic E-state index is -1.70. The van der Waals surface area contributed by atoms with Crippen LogP contribution >= 0.6 is 11.6 Å². The summed E-state index contributed by atoms with van der Waals surface area (Å²) in [7, 11) is 0. The minimum absolute atomic E-state index is 0.0105. The molecule has 2 atom stereocenters. The number of amides is 4. The summed E-state index contributed by atoms with van der Waals surface area (Å²) in [5.41, 5.74) is -0.306. The molecule has 1 aromatic rings. The lowest BCUT2D eigenvalue weighted by Crippen LogP contribution is -2.45. The van der Waals surface area contributed by atoms with Crippen molar-refractivity contribution in [2.45, 2.75) is 40.2 Å². The van der Waals surface area contributed by atoms with Gasteiger partial charge in [0.1, 0.15) is 6.04 Å². The number of carbonyl (C=O) groups is 7. The molecule has 0 fully saturated rings. The van der Waals surface area contributed by atoms with Crippen LogP contribution in [0.15, 0.2) is 18.2 Å². The number of imide groups is 1. The van der Waals surface area contributed by atoms with Gasteiger partial charge < -0.3 is 10.6 Å². The van der Waals surface area contributed by atoms with Crippen molar-refractivity contribution in [3.05, 3.63) is 23.2 Å². The number of ketones is 2. The summed E-state index contributed by atoms with van der Waals surface area (Å²) in [4.78, 5) is 80.9. The van der Waals surface area contributed by atoms with Crippen molar-refractivity contribution in [2.24, 2.45) is 11.3 Å². The molecule has 2 unspecified atom stereocenters. The number of hydrogen-bond donors (Lipinski definition) is 2. The molecule has 1 aromatic carbocycles. The highest BCUT2D eigenvalue weighted by molar-refractivity contribution is 6.76. The van der Waals surface area contributed by atoms with Gasteiger partial charge in [-0.3, -0.25) is 33.6 Å². The number of rotatable bonds is 11. The van der Waals surface area contributed by atoms with Crippen LogP contribution in [0.4, 0.5) is 11.4 Å². The van der Waals surface area contributed by atoms with Gasteiger partial charge in [0.05, 0.1) is 16.4 Å². The fraction of sp³-hybridized carbons (Fsp3) is 0.381. The summed E-state index contributed by atoms with van der Waals surface area (Å²) in [6.07, 6.45) is 0.662. The van der Waals surface area contributed by atoms with Crippen LogP contribution in [0.5, 0.6) is 0 Å². The highest BCUT2D eigenvalue weighted by Crippen LogP contribution is 2.29. The first-order chi connectivity index (χ1) is 14.9. The number of anilines is 2. The summed E-state index contributed by atoms with van der Waals surface area (Å²) < 4.78 is 0. The Labute approximate surface area is 189 Å². The highest BCUT2D eigenvalue weighted by atomic mass is 35.5. The van der Waals surface area contributed by atoms with Gasteiger partial charge in [0.15, 0.2) is 6.29 Å². The molecule has 0 saturated heterocycles. The highest BCUT2D eigenvalue weighted by Gasteiger charge is 2.30. The van der Waals surface area contributed by atoms with Crippen molar-refractivity contribution < 1.29 is 33.6 Å². The smallest absolute Gasteiger partial charge is 0.309 e. The number of carbonyl (C=O) groups excluding carboxylic acids is 7. The summed E-state index contributed by atoms with van der Waals surface area (Å²) in [5.74, 6) is -5.69. The first-order valence-corrected chi connectivity index (χ1v) is 9.86. The van der Waals surface area contributed by atoms with Gasteiger partial charge in [-0.1, -0.05) is 39.3 Å². The Balaban J connectivity index is 3.21. The van der Waals surface area contributed by atoms with Crippen molar-refractivity contribution >= 4 is 65.5 Å². The van der Waals surface area contributed by atoms with Crippen LogP contribution in [0.1, 0.15) is 34.1 Å². The quantitative estimate of drug-likeness (QED) is 0.284. The molecule has 0 aliphatic rings. The first kappa shape index (κ1) is 26.6. The van der Waals surface area contributed by atoms with E-state index in [0.29, 0.717) is 17.7 Å². The predicted molar refractivity (Wildman–Crippen MR) is 116 cm³/mol. The van der Waals surface area contributed by atoms with Gasteiger partial charge in [-0.15, -0.1) is 0 Å². The number of hydrogen-bond acceptors (Lipinski definition) is 7. The molecule has 0 spiro atoms. The lowest BCUT2D eigenvalue weighted by atomic mass is 9.82. The molecule has 0 aliphatic heterocycles. The third-order valence-corrected chi connectivity index (χ3v) is 4.70. The number of benzene rings is 1. The number of aldehydes is 1. The molecular formula is C21H24ClN3O7. The second kappa shape index (κ2) is 11.3. The van der Waals surface area contributed by atoms with Gasteiger partial charge in [0.2, 0.25) is 18.7 Å². The third kappa shape index (κ3) is 7.09. The Morgan fingerprint density at radius 3 is 2.25 bits per heavy atom. The third-order valence-electron chi connectivity index (χ3n) is 4.37. The van der Waals surface area contributed by atoms with E-state index >= 15 is 0 Å². The predicted octanol–water partition coefficient (Wildman–Crippen LogP) is 1.29. The maximum Gasteiger partial charge on any atom is 0.309 e. The van der Waals surface area contributed by atoms with Gasteiger partial charge in [-0.05, 0) is 36.0 Å². The van der Waals surface area contributed by atoms with Gasteiger partial charge in [-0.2, -0.15) is 0 Å². The molecule has 1 rings (SSSR count). The zero-order valence-electron chi connectivity index (χ0n) is 18.0. The summed E-state index contributed by atoms with van der Waals surface area (Å²) in [6.45, 7) is 7.76. The van der Waals surface area contributed by atoms with E-state index in [0.717, 1.165) is 6.07 Å². The van der Waals surface area contributed by atoms with E-state index in [9.17, 15) is 33.6 Å². The first-order valence-electron chi connectivity index (χ1n) is 9.48. The average molecular weight is 466 g/mol. The standard InChI is InChI=1S/C21H24ClN3O7/c1-12(8-21(2,3)4)17(23-10-27)19(31)24-15-7-13(5-6-14(15)22)25(11-28)20(32)18(30)16(29)9-26/h5-7,9-12,17H,8H2,1-4H3,(H,23,27)(H,24,31). The molecule has 11 heteroatoms. The van der Waals surface area contributed by atoms with Crippen LogP contribution in [0, 0.1) is 11.3 Å². The van der Waals surface area contributed by atoms with E-state index in [4.69, 9.17) is 11.6 Å². The molecule has 32 heavy (non-hydrogen) atoms. The van der Waals surface area contributed by atoms with Crippen molar-refractivity contribution in [1.82, 2.24) is 5.32 Å². The number of nitrogens with zero attached hydrogens (tertiary/aromatic N) is 1. The maximum absolute atomic E-state index is 12.8. The summed E-state index contributed by atoms with van der Waals surface area (Å²) >= 11 is 6.11. The molecular weight excluding hydrogens is 442 g/mol. The molecule has 172 valence electrons. The van der Waals surface area contributed by atoms with Crippen molar-refractivity contribution in [1.29, 1.82) is 0 Å². The zero-order valence-corrected chi connectivity index (χ0v) is 18.8. The van der Waals surface area contributed by atoms with Gasteiger partial charge in [0.25, 0.3) is 11.6 Å². The van der Waals surface area contributed by atoms with E-state index in [2.05, 4.69) is 10.6 Å². The lowest BCUT2D eigenvalue weighted by molar-refractivity contribution is -0.146. The SMILES string of the molecule is CC(CC(C)(C)C)C(NC=O)C(=O)Nc1cc(N(C=O)C(=O)C(=O)C(=O)C=O)ccc1Cl. The second-order valence-electron chi connectivity index (χ2n) is 8.25. The number of halogens is 1. The molecule has 0 bridgehead atoms. The monoisotopic (exact) mass is 465 g/mol. The number of Topliss-reactive ketones (excluding diaryl/α,β-unsaturated/α-hetero) is 2. The molecule has 2 N–H and O–H groups in total. The van der Waals surface area contributed by atoms with Gasteiger partial charge >= 0.3 is 5.91 Å². The van der Waals surface area contributed by atoms with E-state index in [1.165, 1.54) is 12.1 Å². The van der Waals surface area contributed by atoms with E-state index < -0.39 is 29.4 Å². The molecule has 0 heterocycles. The van der Waals surface area contributed by atoms with E-state index in [1.807, 2.05) is 20.8 Å². The maximum atomic E-state index is 12.8. The second-order valence-corrected chi connectivity index (χ2v) is 8.66. The van der Waals surface area contributed by atoms with Crippen LogP contribution in [0.3, 0.4) is 0 Å². The Hall–Kier alpha value is -3.40. The Bertz CT molecular complexity index is 940. The van der Waals surface area contributed by atoms with Gasteiger partial charge in [0, 0.05) is 0 Å². The summed E-state index contributed by atoms with van der Waals surface area (Å²) in [5, 5.41) is 5.05.